The quantitative estimate of drug-likeness (QED) is 0.514. The Labute approximate surface area is 160 Å². The zero-order chi connectivity index (χ0) is 18.8. The zero-order valence-corrected chi connectivity index (χ0v) is 15.1. The molecular weight excluding hydrogens is 357 g/mol. The molecule has 0 radical (unpaired) electrons. The van der Waals surface area contributed by atoms with E-state index in [0.717, 1.165) is 16.5 Å². The monoisotopic (exact) mass is 375 g/mol. The highest BCUT2D eigenvalue weighted by molar-refractivity contribution is 5.94. The van der Waals surface area contributed by atoms with Crippen LogP contribution in [-0.2, 0) is 0 Å². The minimum absolute atomic E-state index is 0. The molecule has 140 valence electrons. The van der Waals surface area contributed by atoms with Gasteiger partial charge in [-0.1, -0.05) is 42.5 Å². The molecule has 4 aromatic rings. The van der Waals surface area contributed by atoms with Crippen LogP contribution in [0.25, 0.3) is 27.7 Å². The highest BCUT2D eigenvalue weighted by Gasteiger charge is 2.13. The largest absolute Gasteiger partial charge is 0.412 e. The number of rotatable bonds is 3. The summed E-state index contributed by atoms with van der Waals surface area (Å²) in [4.78, 5) is 16.9. The fraction of sp³-hybridized carbons (Fsp3) is 0.0455. The standard InChI is InChI=1S/C22H16FN3O.H2O/c1-24-14-15-6-8-16(9-7-15)21-19-4-2-3-5-20(19)22(27)26(25-21)18-12-10-17(23)11-13-18;/h2-14H,1H3;1H2. The van der Waals surface area contributed by atoms with Gasteiger partial charge in [0, 0.05) is 24.2 Å². The molecule has 0 aliphatic rings. The summed E-state index contributed by atoms with van der Waals surface area (Å²) in [5.74, 6) is -0.360. The highest BCUT2D eigenvalue weighted by atomic mass is 19.1. The summed E-state index contributed by atoms with van der Waals surface area (Å²) in [6, 6.07) is 20.9. The minimum atomic E-state index is -0.360. The van der Waals surface area contributed by atoms with Crippen LogP contribution in [0, 0.1) is 5.82 Å². The summed E-state index contributed by atoms with van der Waals surface area (Å²) in [5, 5.41) is 5.93. The van der Waals surface area contributed by atoms with Crippen molar-refractivity contribution >= 4 is 17.0 Å². The van der Waals surface area contributed by atoms with Gasteiger partial charge in [0.05, 0.1) is 16.8 Å². The zero-order valence-electron chi connectivity index (χ0n) is 15.1. The van der Waals surface area contributed by atoms with E-state index in [1.165, 1.54) is 16.8 Å². The maximum Gasteiger partial charge on any atom is 0.279 e. The third-order valence-corrected chi connectivity index (χ3v) is 4.34. The molecule has 0 aliphatic heterocycles. The number of nitrogens with zero attached hydrogens (tertiary/aromatic N) is 3. The maximum absolute atomic E-state index is 13.3. The summed E-state index contributed by atoms with van der Waals surface area (Å²) in [7, 11) is 1.72. The van der Waals surface area contributed by atoms with E-state index in [1.807, 2.05) is 42.5 Å². The molecule has 6 heteroatoms. The maximum atomic E-state index is 13.3. The SMILES string of the molecule is CN=Cc1ccc(-c2nn(-c3ccc(F)cc3)c(=O)c3ccccc23)cc1.O. The first-order chi connectivity index (χ1) is 13.2. The van der Waals surface area contributed by atoms with Crippen LogP contribution in [0.1, 0.15) is 5.56 Å². The van der Waals surface area contributed by atoms with Crippen molar-refractivity contribution < 1.29 is 9.87 Å². The average molecular weight is 375 g/mol. The average Bonchev–Trinajstić information content (AvgIpc) is 2.70. The molecule has 4 rings (SSSR count). The number of aromatic nitrogens is 2. The van der Waals surface area contributed by atoms with Crippen molar-refractivity contribution in [3.63, 3.8) is 0 Å². The van der Waals surface area contributed by atoms with E-state index in [1.54, 1.807) is 31.5 Å². The van der Waals surface area contributed by atoms with Gasteiger partial charge in [-0.25, -0.2) is 4.39 Å². The van der Waals surface area contributed by atoms with Gasteiger partial charge in [0.1, 0.15) is 5.82 Å². The van der Waals surface area contributed by atoms with Crippen LogP contribution in [0.15, 0.2) is 82.6 Å². The van der Waals surface area contributed by atoms with E-state index in [4.69, 9.17) is 0 Å². The van der Waals surface area contributed by atoms with Crippen LogP contribution in [0.3, 0.4) is 0 Å². The number of hydrogen-bond donors (Lipinski definition) is 0. The molecule has 5 nitrogen and oxygen atoms in total. The second kappa shape index (κ2) is 7.94. The summed E-state index contributed by atoms with van der Waals surface area (Å²) < 4.78 is 14.6. The van der Waals surface area contributed by atoms with Crippen molar-refractivity contribution in [1.29, 1.82) is 0 Å². The Bertz CT molecular complexity index is 1200. The number of hydrogen-bond acceptors (Lipinski definition) is 3. The molecule has 1 heterocycles. The van der Waals surface area contributed by atoms with Gasteiger partial charge in [-0.15, -0.1) is 0 Å². The molecule has 2 N–H and O–H groups in total. The Kier molecular flexibility index (Phi) is 5.42. The van der Waals surface area contributed by atoms with E-state index in [0.29, 0.717) is 16.8 Å². The van der Waals surface area contributed by atoms with Crippen molar-refractivity contribution in [2.75, 3.05) is 7.05 Å². The van der Waals surface area contributed by atoms with Crippen molar-refractivity contribution in [2.45, 2.75) is 0 Å². The van der Waals surface area contributed by atoms with Crippen LogP contribution < -0.4 is 5.56 Å². The van der Waals surface area contributed by atoms with Gasteiger partial charge in [-0.05, 0) is 35.9 Å². The van der Waals surface area contributed by atoms with Crippen LogP contribution in [0.2, 0.25) is 0 Å². The van der Waals surface area contributed by atoms with Gasteiger partial charge < -0.3 is 5.48 Å². The second-order valence-corrected chi connectivity index (χ2v) is 6.10. The van der Waals surface area contributed by atoms with Crippen LogP contribution >= 0.6 is 0 Å². The van der Waals surface area contributed by atoms with Crippen molar-refractivity contribution in [1.82, 2.24) is 9.78 Å². The van der Waals surface area contributed by atoms with Gasteiger partial charge in [0.2, 0.25) is 0 Å². The lowest BCUT2D eigenvalue weighted by Gasteiger charge is -2.11. The van der Waals surface area contributed by atoms with Crippen LogP contribution in [-0.4, -0.2) is 28.5 Å². The van der Waals surface area contributed by atoms with Crippen molar-refractivity contribution in [3.05, 3.63) is 94.5 Å². The molecule has 0 spiro atoms. The van der Waals surface area contributed by atoms with Gasteiger partial charge in [0.25, 0.3) is 5.56 Å². The summed E-state index contributed by atoms with van der Waals surface area (Å²) in [5.41, 5.74) is 2.83. The van der Waals surface area contributed by atoms with E-state index in [-0.39, 0.29) is 16.9 Å². The Balaban J connectivity index is 0.00000225. The lowest BCUT2D eigenvalue weighted by Crippen LogP contribution is -2.22. The Morgan fingerprint density at radius 1 is 0.929 bits per heavy atom. The summed E-state index contributed by atoms with van der Waals surface area (Å²) in [6.45, 7) is 0. The number of aliphatic imine (C=N–C) groups is 1. The number of fused-ring (bicyclic) bond motifs is 1. The molecular formula is C22H18FN3O2. The molecule has 1 aromatic heterocycles. The normalized spacial score (nSPS) is 10.9. The topological polar surface area (TPSA) is 78.8 Å². The fourth-order valence-corrected chi connectivity index (χ4v) is 3.04. The molecule has 0 saturated heterocycles. The molecule has 0 unspecified atom stereocenters. The molecule has 28 heavy (non-hydrogen) atoms. The van der Waals surface area contributed by atoms with Crippen LogP contribution in [0.5, 0.6) is 0 Å². The molecule has 0 fully saturated rings. The minimum Gasteiger partial charge on any atom is -0.412 e. The van der Waals surface area contributed by atoms with Crippen LogP contribution in [0.4, 0.5) is 4.39 Å². The summed E-state index contributed by atoms with van der Waals surface area (Å²) in [6.07, 6.45) is 1.77. The number of halogens is 1. The molecule has 0 atom stereocenters. The highest BCUT2D eigenvalue weighted by Crippen LogP contribution is 2.25. The first-order valence-electron chi connectivity index (χ1n) is 8.48. The van der Waals surface area contributed by atoms with Crippen molar-refractivity contribution in [2.24, 2.45) is 4.99 Å². The molecule has 0 bridgehead atoms. The third-order valence-electron chi connectivity index (χ3n) is 4.34. The molecule has 3 aromatic carbocycles. The van der Waals surface area contributed by atoms with E-state index in [2.05, 4.69) is 10.1 Å². The van der Waals surface area contributed by atoms with Gasteiger partial charge in [-0.3, -0.25) is 9.79 Å². The number of benzene rings is 3. The smallest absolute Gasteiger partial charge is 0.279 e. The van der Waals surface area contributed by atoms with Gasteiger partial charge in [0.15, 0.2) is 0 Å². The fourth-order valence-electron chi connectivity index (χ4n) is 3.04. The summed E-state index contributed by atoms with van der Waals surface area (Å²) >= 11 is 0. The first-order valence-corrected chi connectivity index (χ1v) is 8.48. The molecule has 0 amide bonds. The Hall–Kier alpha value is -3.64. The molecule has 0 saturated carbocycles. The Morgan fingerprint density at radius 2 is 1.57 bits per heavy atom. The van der Waals surface area contributed by atoms with Gasteiger partial charge in [-0.2, -0.15) is 9.78 Å². The third kappa shape index (κ3) is 3.45. The van der Waals surface area contributed by atoms with Gasteiger partial charge >= 0.3 is 0 Å². The van der Waals surface area contributed by atoms with E-state index >= 15 is 0 Å². The lowest BCUT2D eigenvalue weighted by molar-refractivity contribution is 0.626. The first kappa shape index (κ1) is 19.1. The second-order valence-electron chi connectivity index (χ2n) is 6.10. The van der Waals surface area contributed by atoms with E-state index < -0.39 is 0 Å². The van der Waals surface area contributed by atoms with Crippen molar-refractivity contribution in [3.8, 4) is 16.9 Å². The predicted octanol–water partition coefficient (Wildman–Crippen LogP) is 3.42. The van der Waals surface area contributed by atoms with E-state index in [9.17, 15) is 9.18 Å². The Morgan fingerprint density at radius 3 is 2.21 bits per heavy atom. The predicted molar refractivity (Wildman–Crippen MR) is 110 cm³/mol. The lowest BCUT2D eigenvalue weighted by atomic mass is 10.0. The molecule has 0 aliphatic carbocycles.